The van der Waals surface area contributed by atoms with E-state index in [1.807, 2.05) is 6.07 Å². The number of hydrogen-bond acceptors (Lipinski definition) is 4. The predicted molar refractivity (Wildman–Crippen MR) is 55.7 cm³/mol. The van der Waals surface area contributed by atoms with Gasteiger partial charge in [0.05, 0.1) is 5.56 Å². The van der Waals surface area contributed by atoms with Crippen LogP contribution in [0.3, 0.4) is 0 Å². The highest BCUT2D eigenvalue weighted by Gasteiger charge is 2.36. The Kier molecular flexibility index (Phi) is 3.12. The van der Waals surface area contributed by atoms with Crippen LogP contribution >= 0.6 is 11.3 Å². The molecule has 4 nitrogen and oxygen atoms in total. The van der Waals surface area contributed by atoms with Gasteiger partial charge in [-0.3, -0.25) is 0 Å². The van der Waals surface area contributed by atoms with Gasteiger partial charge in [-0.05, 0) is 6.07 Å². The molecule has 15 heavy (non-hydrogen) atoms. The van der Waals surface area contributed by atoms with Crippen LogP contribution in [-0.4, -0.2) is 22.3 Å². The number of aliphatic hydroxyl groups is 1. The molecule has 0 saturated carbocycles. The first-order valence-corrected chi connectivity index (χ1v) is 5.17. The lowest BCUT2D eigenvalue weighted by atomic mass is 9.84. The molecule has 0 fully saturated rings. The lowest BCUT2D eigenvalue weighted by Crippen LogP contribution is -2.39. The van der Waals surface area contributed by atoms with Crippen molar-refractivity contribution < 1.29 is 15.0 Å². The van der Waals surface area contributed by atoms with E-state index < -0.39 is 17.5 Å². The molecule has 0 bridgehead atoms. The number of nitriles is 1. The Labute approximate surface area is 91.4 Å². The van der Waals surface area contributed by atoms with Gasteiger partial charge >= 0.3 is 5.97 Å². The van der Waals surface area contributed by atoms with Crippen LogP contribution in [0.15, 0.2) is 11.4 Å². The second-order valence-electron chi connectivity index (χ2n) is 3.77. The zero-order chi connectivity index (χ0) is 11.6. The third-order valence-electron chi connectivity index (χ3n) is 2.28. The first-order chi connectivity index (χ1) is 6.89. The van der Waals surface area contributed by atoms with E-state index in [9.17, 15) is 9.90 Å². The minimum absolute atomic E-state index is 0.487. The highest BCUT2D eigenvalue weighted by atomic mass is 32.1. The molecule has 0 aliphatic rings. The maximum Gasteiger partial charge on any atom is 0.333 e. The van der Waals surface area contributed by atoms with E-state index in [0.717, 1.165) is 0 Å². The molecule has 0 spiro atoms. The van der Waals surface area contributed by atoms with Crippen molar-refractivity contribution in [3.05, 3.63) is 21.9 Å². The van der Waals surface area contributed by atoms with E-state index in [4.69, 9.17) is 10.4 Å². The van der Waals surface area contributed by atoms with Gasteiger partial charge in [0.1, 0.15) is 6.07 Å². The van der Waals surface area contributed by atoms with Crippen LogP contribution in [0.2, 0.25) is 0 Å². The second-order valence-corrected chi connectivity index (χ2v) is 4.69. The van der Waals surface area contributed by atoms with E-state index in [-0.39, 0.29) is 0 Å². The Balaban J connectivity index is 3.05. The summed E-state index contributed by atoms with van der Waals surface area (Å²) in [6.07, 6.45) is -1.47. The fourth-order valence-corrected chi connectivity index (χ4v) is 2.16. The molecule has 1 rings (SSSR count). The molecule has 5 heteroatoms. The van der Waals surface area contributed by atoms with Crippen LogP contribution < -0.4 is 0 Å². The van der Waals surface area contributed by atoms with Gasteiger partial charge in [-0.15, -0.1) is 11.3 Å². The number of aliphatic hydroxyl groups excluding tert-OH is 1. The lowest BCUT2D eigenvalue weighted by Gasteiger charge is -2.26. The molecule has 1 atom stereocenters. The van der Waals surface area contributed by atoms with Gasteiger partial charge in [0.15, 0.2) is 6.10 Å². The quantitative estimate of drug-likeness (QED) is 0.813. The smallest absolute Gasteiger partial charge is 0.333 e. The SMILES string of the molecule is CC(C)(c1cc(C#N)cs1)C(O)C(=O)O. The number of aliphatic carboxylic acids is 1. The predicted octanol–water partition coefficient (Wildman–Crippen LogP) is 1.34. The number of carboxylic acids is 1. The lowest BCUT2D eigenvalue weighted by molar-refractivity contribution is -0.150. The van der Waals surface area contributed by atoms with Gasteiger partial charge in [0.25, 0.3) is 0 Å². The average molecular weight is 225 g/mol. The summed E-state index contributed by atoms with van der Waals surface area (Å²) in [6.45, 7) is 3.28. The van der Waals surface area contributed by atoms with Crippen LogP contribution in [0, 0.1) is 11.3 Å². The van der Waals surface area contributed by atoms with E-state index in [0.29, 0.717) is 10.4 Å². The summed E-state index contributed by atoms with van der Waals surface area (Å²) in [6, 6.07) is 3.58. The maximum atomic E-state index is 10.7. The molecule has 0 saturated heterocycles. The van der Waals surface area contributed by atoms with Gasteiger partial charge < -0.3 is 10.2 Å². The monoisotopic (exact) mass is 225 g/mol. The summed E-state index contributed by atoms with van der Waals surface area (Å²) in [7, 11) is 0. The van der Waals surface area contributed by atoms with E-state index in [1.165, 1.54) is 11.3 Å². The fourth-order valence-electron chi connectivity index (χ4n) is 1.18. The van der Waals surface area contributed by atoms with E-state index in [1.54, 1.807) is 25.3 Å². The molecule has 0 aromatic carbocycles. The van der Waals surface area contributed by atoms with Gasteiger partial charge in [-0.1, -0.05) is 13.8 Å². The minimum atomic E-state index is -1.47. The maximum absolute atomic E-state index is 10.7. The van der Waals surface area contributed by atoms with Crippen molar-refractivity contribution in [2.24, 2.45) is 0 Å². The number of carbonyl (C=O) groups is 1. The standard InChI is InChI=1S/C10H11NO3S/c1-10(2,8(12)9(13)14)7-3-6(4-11)5-15-7/h3,5,8,12H,1-2H3,(H,13,14). The number of thiophene rings is 1. The number of carboxylic acid groups (broad SMARTS) is 1. The highest BCUT2D eigenvalue weighted by molar-refractivity contribution is 7.10. The Morgan fingerprint density at radius 2 is 2.27 bits per heavy atom. The summed E-state index contributed by atoms with van der Waals surface area (Å²) in [5.74, 6) is -1.26. The average Bonchev–Trinajstić information content (AvgIpc) is 2.65. The fraction of sp³-hybridized carbons (Fsp3) is 0.400. The van der Waals surface area contributed by atoms with Crippen LogP contribution in [0.4, 0.5) is 0 Å². The molecule has 2 N–H and O–H groups in total. The third kappa shape index (κ3) is 2.17. The summed E-state index contributed by atoms with van der Waals surface area (Å²) in [5, 5.41) is 28.5. The first-order valence-electron chi connectivity index (χ1n) is 4.29. The first kappa shape index (κ1) is 11.7. The second kappa shape index (κ2) is 4.01. The van der Waals surface area contributed by atoms with E-state index in [2.05, 4.69) is 0 Å². The van der Waals surface area contributed by atoms with Gasteiger partial charge in [0, 0.05) is 15.7 Å². The van der Waals surface area contributed by atoms with Crippen molar-refractivity contribution >= 4 is 17.3 Å². The molecule has 0 radical (unpaired) electrons. The topological polar surface area (TPSA) is 81.3 Å². The third-order valence-corrected chi connectivity index (χ3v) is 3.55. The number of rotatable bonds is 3. The Morgan fingerprint density at radius 1 is 1.67 bits per heavy atom. The van der Waals surface area contributed by atoms with Crippen molar-refractivity contribution in [3.63, 3.8) is 0 Å². The van der Waals surface area contributed by atoms with Crippen molar-refractivity contribution in [3.8, 4) is 6.07 Å². The summed E-state index contributed by atoms with van der Waals surface area (Å²) < 4.78 is 0. The Hall–Kier alpha value is -1.38. The molecule has 0 amide bonds. The zero-order valence-electron chi connectivity index (χ0n) is 8.39. The molecule has 1 aromatic rings. The van der Waals surface area contributed by atoms with Crippen molar-refractivity contribution in [2.45, 2.75) is 25.4 Å². The molecule has 0 aliphatic carbocycles. The van der Waals surface area contributed by atoms with Crippen LogP contribution in [0.1, 0.15) is 24.3 Å². The van der Waals surface area contributed by atoms with Crippen molar-refractivity contribution in [1.82, 2.24) is 0 Å². The Morgan fingerprint density at radius 3 is 2.67 bits per heavy atom. The van der Waals surface area contributed by atoms with Gasteiger partial charge in [0.2, 0.25) is 0 Å². The highest BCUT2D eigenvalue weighted by Crippen LogP contribution is 2.32. The Bertz CT molecular complexity index is 417. The van der Waals surface area contributed by atoms with Crippen LogP contribution in [0.25, 0.3) is 0 Å². The molecule has 0 aliphatic heterocycles. The molecular weight excluding hydrogens is 214 g/mol. The van der Waals surface area contributed by atoms with E-state index >= 15 is 0 Å². The van der Waals surface area contributed by atoms with Crippen molar-refractivity contribution in [1.29, 1.82) is 5.26 Å². The molecular formula is C10H11NO3S. The minimum Gasteiger partial charge on any atom is -0.479 e. The van der Waals surface area contributed by atoms with Gasteiger partial charge in [-0.25, -0.2) is 4.79 Å². The summed E-state index contributed by atoms with van der Waals surface area (Å²) >= 11 is 1.28. The van der Waals surface area contributed by atoms with Crippen LogP contribution in [0.5, 0.6) is 0 Å². The largest absolute Gasteiger partial charge is 0.479 e. The normalized spacial score (nSPS) is 13.2. The van der Waals surface area contributed by atoms with Gasteiger partial charge in [-0.2, -0.15) is 5.26 Å². The van der Waals surface area contributed by atoms with Crippen molar-refractivity contribution in [2.75, 3.05) is 0 Å². The number of hydrogen-bond donors (Lipinski definition) is 2. The summed E-state index contributed by atoms with van der Waals surface area (Å²) in [5.41, 5.74) is -0.397. The summed E-state index contributed by atoms with van der Waals surface area (Å²) in [4.78, 5) is 11.4. The molecule has 1 unspecified atom stereocenters. The van der Waals surface area contributed by atoms with Crippen LogP contribution in [-0.2, 0) is 10.2 Å². The number of nitrogens with zero attached hydrogens (tertiary/aromatic N) is 1. The molecule has 1 aromatic heterocycles. The molecule has 1 heterocycles. The zero-order valence-corrected chi connectivity index (χ0v) is 9.21. The molecule has 80 valence electrons.